The molecule has 1 amide bonds. The molecule has 0 aliphatic carbocycles. The van der Waals surface area contributed by atoms with Gasteiger partial charge >= 0.3 is 0 Å². The molecular weight excluding hydrogens is 304 g/mol. The zero-order chi connectivity index (χ0) is 16.9. The number of benzene rings is 2. The second-order valence-corrected chi connectivity index (χ2v) is 5.83. The number of rotatable bonds is 4. The number of nitrogens with one attached hydrogen (secondary N) is 1. The van der Waals surface area contributed by atoms with E-state index in [1.54, 1.807) is 7.11 Å². The Morgan fingerprint density at radius 2 is 1.75 bits per heavy atom. The zero-order valence-corrected chi connectivity index (χ0v) is 13.7. The molecule has 3 rings (SSSR count). The summed E-state index contributed by atoms with van der Waals surface area (Å²) in [6.45, 7) is 0.948. The third-order valence-corrected chi connectivity index (χ3v) is 4.26. The monoisotopic (exact) mass is 326 g/mol. The summed E-state index contributed by atoms with van der Waals surface area (Å²) in [5, 5.41) is 2.93. The van der Waals surface area contributed by atoms with Crippen molar-refractivity contribution in [2.24, 2.45) is 5.73 Å². The van der Waals surface area contributed by atoms with Crippen LogP contribution in [-0.2, 0) is 9.53 Å². The molecule has 2 aromatic rings. The standard InChI is InChI=1S/C19H22N2O3/c1-23-17-8-6-14(7-9-17)13-2-4-15(5-3-13)18-19(22)21-16(12-20)10-11-24-18/h2-9,16,18H,10-12,20H2,1H3,(H,21,22). The quantitative estimate of drug-likeness (QED) is 0.904. The average molecular weight is 326 g/mol. The summed E-state index contributed by atoms with van der Waals surface area (Å²) in [6, 6.07) is 15.7. The van der Waals surface area contributed by atoms with Crippen molar-refractivity contribution in [3.05, 3.63) is 54.1 Å². The minimum Gasteiger partial charge on any atom is -0.497 e. The van der Waals surface area contributed by atoms with Gasteiger partial charge < -0.3 is 20.5 Å². The van der Waals surface area contributed by atoms with E-state index in [9.17, 15) is 4.79 Å². The fourth-order valence-corrected chi connectivity index (χ4v) is 2.81. The van der Waals surface area contributed by atoms with Gasteiger partial charge in [-0.2, -0.15) is 0 Å². The molecule has 1 heterocycles. The molecule has 0 aromatic heterocycles. The summed E-state index contributed by atoms with van der Waals surface area (Å²) >= 11 is 0. The van der Waals surface area contributed by atoms with E-state index in [2.05, 4.69) is 5.32 Å². The van der Waals surface area contributed by atoms with Crippen LogP contribution in [0.1, 0.15) is 18.1 Å². The molecule has 1 saturated heterocycles. The van der Waals surface area contributed by atoms with E-state index < -0.39 is 6.10 Å². The first-order chi connectivity index (χ1) is 11.7. The summed E-state index contributed by atoms with van der Waals surface area (Å²) in [5.41, 5.74) is 8.67. The van der Waals surface area contributed by atoms with Crippen molar-refractivity contribution >= 4 is 5.91 Å². The zero-order valence-electron chi connectivity index (χ0n) is 13.7. The number of methoxy groups -OCH3 is 1. The van der Waals surface area contributed by atoms with Crippen LogP contribution in [0.3, 0.4) is 0 Å². The van der Waals surface area contributed by atoms with Crippen LogP contribution in [0.4, 0.5) is 0 Å². The Bertz CT molecular complexity index is 683. The van der Waals surface area contributed by atoms with E-state index in [1.807, 2.05) is 48.5 Å². The van der Waals surface area contributed by atoms with Gasteiger partial charge in [0.1, 0.15) is 5.75 Å². The van der Waals surface area contributed by atoms with Gasteiger partial charge in [0.05, 0.1) is 13.7 Å². The van der Waals surface area contributed by atoms with Crippen LogP contribution >= 0.6 is 0 Å². The van der Waals surface area contributed by atoms with Crippen molar-refractivity contribution in [1.82, 2.24) is 5.32 Å². The van der Waals surface area contributed by atoms with Crippen LogP contribution in [0.15, 0.2) is 48.5 Å². The summed E-state index contributed by atoms with van der Waals surface area (Å²) in [4.78, 5) is 12.3. The second kappa shape index (κ2) is 7.47. The predicted molar refractivity (Wildman–Crippen MR) is 92.7 cm³/mol. The number of hydrogen-bond acceptors (Lipinski definition) is 4. The van der Waals surface area contributed by atoms with E-state index in [0.29, 0.717) is 13.2 Å². The van der Waals surface area contributed by atoms with Crippen molar-refractivity contribution in [1.29, 1.82) is 0 Å². The highest BCUT2D eigenvalue weighted by Gasteiger charge is 2.26. The number of carbonyl (C=O) groups is 1. The summed E-state index contributed by atoms with van der Waals surface area (Å²) < 4.78 is 10.9. The summed E-state index contributed by atoms with van der Waals surface area (Å²) in [5.74, 6) is 0.702. The highest BCUT2D eigenvalue weighted by atomic mass is 16.5. The van der Waals surface area contributed by atoms with E-state index in [1.165, 1.54) is 0 Å². The Morgan fingerprint density at radius 3 is 2.33 bits per heavy atom. The molecule has 1 fully saturated rings. The van der Waals surface area contributed by atoms with Crippen LogP contribution < -0.4 is 15.8 Å². The molecule has 2 unspecified atom stereocenters. The van der Waals surface area contributed by atoms with Gasteiger partial charge in [0.25, 0.3) is 5.91 Å². The number of amides is 1. The van der Waals surface area contributed by atoms with Crippen LogP contribution in [0, 0.1) is 0 Å². The van der Waals surface area contributed by atoms with Gasteiger partial charge in [0.15, 0.2) is 6.10 Å². The molecule has 0 spiro atoms. The Morgan fingerprint density at radius 1 is 1.12 bits per heavy atom. The SMILES string of the molecule is COc1ccc(-c2ccc(C3OCCC(CN)NC3=O)cc2)cc1. The maximum Gasteiger partial charge on any atom is 0.254 e. The maximum atomic E-state index is 12.3. The van der Waals surface area contributed by atoms with E-state index in [4.69, 9.17) is 15.2 Å². The maximum absolute atomic E-state index is 12.3. The van der Waals surface area contributed by atoms with E-state index >= 15 is 0 Å². The van der Waals surface area contributed by atoms with Crippen molar-refractivity contribution in [3.8, 4) is 16.9 Å². The number of carbonyl (C=O) groups excluding carboxylic acids is 1. The molecule has 2 aromatic carbocycles. The fourth-order valence-electron chi connectivity index (χ4n) is 2.81. The minimum atomic E-state index is -0.577. The lowest BCUT2D eigenvalue weighted by atomic mass is 10.0. The van der Waals surface area contributed by atoms with Crippen LogP contribution in [0.5, 0.6) is 5.75 Å². The average Bonchev–Trinajstić information content (AvgIpc) is 2.83. The van der Waals surface area contributed by atoms with Gasteiger partial charge in [0.2, 0.25) is 0 Å². The molecule has 24 heavy (non-hydrogen) atoms. The molecular formula is C19H22N2O3. The molecule has 0 bridgehead atoms. The third kappa shape index (κ3) is 3.58. The van der Waals surface area contributed by atoms with Crippen molar-refractivity contribution in [2.75, 3.05) is 20.3 Å². The first-order valence-corrected chi connectivity index (χ1v) is 8.07. The smallest absolute Gasteiger partial charge is 0.254 e. The van der Waals surface area contributed by atoms with Gasteiger partial charge in [-0.3, -0.25) is 4.79 Å². The first kappa shape index (κ1) is 16.5. The molecule has 5 heteroatoms. The molecule has 126 valence electrons. The lowest BCUT2D eigenvalue weighted by Gasteiger charge is -2.16. The minimum absolute atomic E-state index is 0.0129. The Hall–Kier alpha value is -2.37. The van der Waals surface area contributed by atoms with Crippen LogP contribution in [0.25, 0.3) is 11.1 Å². The summed E-state index contributed by atoms with van der Waals surface area (Å²) in [7, 11) is 1.65. The van der Waals surface area contributed by atoms with Gasteiger partial charge in [0, 0.05) is 12.6 Å². The fraction of sp³-hybridized carbons (Fsp3) is 0.316. The lowest BCUT2D eigenvalue weighted by Crippen LogP contribution is -2.40. The highest BCUT2D eigenvalue weighted by molar-refractivity contribution is 5.83. The first-order valence-electron chi connectivity index (χ1n) is 8.07. The van der Waals surface area contributed by atoms with Gasteiger partial charge in [-0.05, 0) is 35.2 Å². The van der Waals surface area contributed by atoms with Gasteiger partial charge in [-0.1, -0.05) is 36.4 Å². The molecule has 0 saturated carbocycles. The van der Waals surface area contributed by atoms with Crippen molar-refractivity contribution in [3.63, 3.8) is 0 Å². The largest absolute Gasteiger partial charge is 0.497 e. The Labute approximate surface area is 141 Å². The molecule has 5 nitrogen and oxygen atoms in total. The van der Waals surface area contributed by atoms with Crippen molar-refractivity contribution < 1.29 is 14.3 Å². The molecule has 3 N–H and O–H groups in total. The number of nitrogens with two attached hydrogens (primary N) is 1. The molecule has 0 radical (unpaired) electrons. The molecule has 1 aliphatic heterocycles. The predicted octanol–water partition coefficient (Wildman–Crippen LogP) is 2.27. The van der Waals surface area contributed by atoms with E-state index in [0.717, 1.165) is 28.9 Å². The van der Waals surface area contributed by atoms with Gasteiger partial charge in [-0.25, -0.2) is 0 Å². The van der Waals surface area contributed by atoms with Crippen LogP contribution in [0.2, 0.25) is 0 Å². The lowest BCUT2D eigenvalue weighted by molar-refractivity contribution is -0.131. The second-order valence-electron chi connectivity index (χ2n) is 5.83. The molecule has 2 atom stereocenters. The highest BCUT2D eigenvalue weighted by Crippen LogP contribution is 2.26. The topological polar surface area (TPSA) is 73.6 Å². The van der Waals surface area contributed by atoms with Crippen LogP contribution in [-0.4, -0.2) is 32.2 Å². The Balaban J connectivity index is 1.77. The van der Waals surface area contributed by atoms with Gasteiger partial charge in [-0.15, -0.1) is 0 Å². The Kier molecular flexibility index (Phi) is 5.13. The third-order valence-electron chi connectivity index (χ3n) is 4.26. The summed E-state index contributed by atoms with van der Waals surface area (Å²) in [6.07, 6.45) is 0.161. The van der Waals surface area contributed by atoms with E-state index in [-0.39, 0.29) is 11.9 Å². The number of ether oxygens (including phenoxy) is 2. The molecule has 1 aliphatic rings. The van der Waals surface area contributed by atoms with Crippen molar-refractivity contribution in [2.45, 2.75) is 18.6 Å². The normalized spacial score (nSPS) is 21.0. The number of hydrogen-bond donors (Lipinski definition) is 2.